The van der Waals surface area contributed by atoms with Crippen molar-refractivity contribution in [2.24, 2.45) is 0 Å². The number of phenolic OH excluding ortho intramolecular Hbond substituents is 1. The number of hydrogen-bond donors (Lipinski definition) is 4. The van der Waals surface area contributed by atoms with Gasteiger partial charge < -0.3 is 20.6 Å². The predicted molar refractivity (Wildman–Crippen MR) is 76.5 cm³/mol. The highest BCUT2D eigenvalue weighted by atomic mass is 16.3. The Morgan fingerprint density at radius 1 is 1.26 bits per heavy atom. The molecule has 0 saturated heterocycles. The summed E-state index contributed by atoms with van der Waals surface area (Å²) in [4.78, 5) is 0. The molecule has 4 nitrogen and oxygen atoms in total. The quantitative estimate of drug-likeness (QED) is 0.584. The molecule has 4 N–H and O–H groups in total. The zero-order valence-corrected chi connectivity index (χ0v) is 12.0. The van der Waals surface area contributed by atoms with Crippen molar-refractivity contribution in [2.45, 2.75) is 38.7 Å². The van der Waals surface area contributed by atoms with E-state index in [1.54, 1.807) is 6.07 Å². The van der Waals surface area contributed by atoms with E-state index in [-0.39, 0.29) is 17.8 Å². The smallest absolute Gasteiger partial charge is 0.118 e. The summed E-state index contributed by atoms with van der Waals surface area (Å²) in [7, 11) is 0. The number of rotatable bonds is 6. The number of aliphatic hydroxyl groups excluding tert-OH is 2. The van der Waals surface area contributed by atoms with Crippen LogP contribution in [0.5, 0.6) is 5.75 Å². The zero-order valence-electron chi connectivity index (χ0n) is 12.0. The molecule has 1 aromatic rings. The van der Waals surface area contributed by atoms with Crippen molar-refractivity contribution in [1.29, 1.82) is 0 Å². The van der Waals surface area contributed by atoms with Gasteiger partial charge in [-0.15, -0.1) is 0 Å². The first-order chi connectivity index (χ1) is 8.84. The molecule has 0 radical (unpaired) electrons. The number of aliphatic hydroxyl groups is 2. The summed E-state index contributed by atoms with van der Waals surface area (Å²) in [6.07, 6.45) is -0.179. The van der Waals surface area contributed by atoms with Gasteiger partial charge in [0, 0.05) is 19.5 Å². The summed E-state index contributed by atoms with van der Waals surface area (Å²) in [5.74, 6) is 0.217. The summed E-state index contributed by atoms with van der Waals surface area (Å²) < 4.78 is 0. The summed E-state index contributed by atoms with van der Waals surface area (Å²) in [6, 6.07) is 5.55. The van der Waals surface area contributed by atoms with E-state index in [9.17, 15) is 10.2 Å². The van der Waals surface area contributed by atoms with Gasteiger partial charge in [-0.2, -0.15) is 0 Å². The first kappa shape index (κ1) is 16.0. The van der Waals surface area contributed by atoms with E-state index >= 15 is 0 Å². The van der Waals surface area contributed by atoms with Crippen LogP contribution < -0.4 is 5.32 Å². The molecule has 4 heteroatoms. The van der Waals surface area contributed by atoms with Crippen LogP contribution in [0.25, 0.3) is 0 Å². The second kappa shape index (κ2) is 6.89. The van der Waals surface area contributed by atoms with Crippen molar-refractivity contribution in [3.63, 3.8) is 0 Å². The number of hydrogen-bond acceptors (Lipinski definition) is 4. The molecule has 0 aliphatic heterocycles. The Labute approximate surface area is 115 Å². The van der Waals surface area contributed by atoms with E-state index in [0.29, 0.717) is 19.5 Å². The Bertz CT molecular complexity index is 399. The Morgan fingerprint density at radius 3 is 2.53 bits per heavy atom. The molecule has 0 aliphatic carbocycles. The average Bonchev–Trinajstić information content (AvgIpc) is 2.31. The van der Waals surface area contributed by atoms with Gasteiger partial charge in [-0.1, -0.05) is 32.9 Å². The Hall–Kier alpha value is -1.10. The number of phenols is 1. The minimum atomic E-state index is -0.576. The van der Waals surface area contributed by atoms with Gasteiger partial charge in [0.05, 0.1) is 12.7 Å². The number of nitrogens with one attached hydrogen (secondary N) is 1. The third-order valence-electron chi connectivity index (χ3n) is 3.07. The Kier molecular flexibility index (Phi) is 5.79. The summed E-state index contributed by atoms with van der Waals surface area (Å²) >= 11 is 0. The van der Waals surface area contributed by atoms with Crippen molar-refractivity contribution in [3.8, 4) is 5.75 Å². The lowest BCUT2D eigenvalue weighted by molar-refractivity contribution is 0.167. The van der Waals surface area contributed by atoms with Crippen molar-refractivity contribution in [2.75, 3.05) is 19.7 Å². The van der Waals surface area contributed by atoms with Gasteiger partial charge in [0.25, 0.3) is 0 Å². The summed E-state index contributed by atoms with van der Waals surface area (Å²) in [6.45, 7) is 7.26. The molecule has 1 atom stereocenters. The first-order valence-corrected chi connectivity index (χ1v) is 6.66. The van der Waals surface area contributed by atoms with E-state index < -0.39 is 6.10 Å². The van der Waals surface area contributed by atoms with Crippen molar-refractivity contribution in [3.05, 3.63) is 29.3 Å². The molecule has 19 heavy (non-hydrogen) atoms. The SMILES string of the molecule is CC(C)(C)c1ccc(O)c(CC(O)CNCCO)c1. The van der Waals surface area contributed by atoms with Gasteiger partial charge in [-0.3, -0.25) is 0 Å². The van der Waals surface area contributed by atoms with Crippen LogP contribution in [0.15, 0.2) is 18.2 Å². The highest BCUT2D eigenvalue weighted by Crippen LogP contribution is 2.28. The van der Waals surface area contributed by atoms with Crippen LogP contribution in [-0.4, -0.2) is 41.1 Å². The van der Waals surface area contributed by atoms with Gasteiger partial charge in [-0.25, -0.2) is 0 Å². The molecular formula is C15H25NO3. The minimum Gasteiger partial charge on any atom is -0.508 e. The molecule has 0 aliphatic rings. The third kappa shape index (κ3) is 5.19. The van der Waals surface area contributed by atoms with Crippen molar-refractivity contribution >= 4 is 0 Å². The Balaban J connectivity index is 2.71. The predicted octanol–water partition coefficient (Wildman–Crippen LogP) is 1.18. The number of benzene rings is 1. The maximum atomic E-state index is 9.89. The van der Waals surface area contributed by atoms with Crippen LogP contribution >= 0.6 is 0 Å². The van der Waals surface area contributed by atoms with Gasteiger partial charge >= 0.3 is 0 Å². The molecule has 0 amide bonds. The van der Waals surface area contributed by atoms with E-state index in [0.717, 1.165) is 11.1 Å². The number of aromatic hydroxyl groups is 1. The summed E-state index contributed by atoms with van der Waals surface area (Å²) in [5.41, 5.74) is 1.91. The topological polar surface area (TPSA) is 72.7 Å². The van der Waals surface area contributed by atoms with Crippen molar-refractivity contribution in [1.82, 2.24) is 5.32 Å². The molecule has 0 fully saturated rings. The molecule has 1 aromatic carbocycles. The van der Waals surface area contributed by atoms with Gasteiger partial charge in [0.2, 0.25) is 0 Å². The van der Waals surface area contributed by atoms with Gasteiger partial charge in [-0.05, 0) is 22.6 Å². The van der Waals surface area contributed by atoms with Crippen LogP contribution in [0.2, 0.25) is 0 Å². The normalized spacial score (nSPS) is 13.5. The fourth-order valence-electron chi connectivity index (χ4n) is 1.89. The molecule has 0 bridgehead atoms. The molecule has 0 heterocycles. The zero-order chi connectivity index (χ0) is 14.5. The highest BCUT2D eigenvalue weighted by molar-refractivity contribution is 5.39. The maximum absolute atomic E-state index is 9.89. The Morgan fingerprint density at radius 2 is 1.95 bits per heavy atom. The highest BCUT2D eigenvalue weighted by Gasteiger charge is 2.16. The van der Waals surface area contributed by atoms with E-state index in [4.69, 9.17) is 5.11 Å². The van der Waals surface area contributed by atoms with Gasteiger partial charge in [0.15, 0.2) is 0 Å². The lowest BCUT2D eigenvalue weighted by atomic mass is 9.85. The average molecular weight is 267 g/mol. The molecule has 0 aromatic heterocycles. The van der Waals surface area contributed by atoms with Crippen LogP contribution in [-0.2, 0) is 11.8 Å². The standard InChI is InChI=1S/C15H25NO3/c1-15(2,3)12-4-5-14(19)11(8-12)9-13(18)10-16-6-7-17/h4-5,8,13,16-19H,6-7,9-10H2,1-3H3. The molecule has 1 rings (SSSR count). The first-order valence-electron chi connectivity index (χ1n) is 6.66. The van der Waals surface area contributed by atoms with E-state index in [1.807, 2.05) is 12.1 Å². The monoisotopic (exact) mass is 267 g/mol. The second-order valence-corrected chi connectivity index (χ2v) is 5.88. The fourth-order valence-corrected chi connectivity index (χ4v) is 1.89. The molecule has 108 valence electrons. The van der Waals surface area contributed by atoms with Gasteiger partial charge in [0.1, 0.15) is 5.75 Å². The molecule has 0 spiro atoms. The van der Waals surface area contributed by atoms with E-state index in [2.05, 4.69) is 26.1 Å². The van der Waals surface area contributed by atoms with E-state index in [1.165, 1.54) is 0 Å². The third-order valence-corrected chi connectivity index (χ3v) is 3.07. The molecule has 0 saturated carbocycles. The van der Waals surface area contributed by atoms with Crippen LogP contribution in [0.3, 0.4) is 0 Å². The van der Waals surface area contributed by atoms with Crippen LogP contribution in [0, 0.1) is 0 Å². The molecule has 1 unspecified atom stereocenters. The van der Waals surface area contributed by atoms with Crippen LogP contribution in [0.4, 0.5) is 0 Å². The molecular weight excluding hydrogens is 242 g/mol. The minimum absolute atomic E-state index is 0.0164. The second-order valence-electron chi connectivity index (χ2n) is 5.88. The largest absolute Gasteiger partial charge is 0.508 e. The fraction of sp³-hybridized carbons (Fsp3) is 0.600. The summed E-state index contributed by atoms with van der Waals surface area (Å²) in [5, 5.41) is 31.3. The lowest BCUT2D eigenvalue weighted by Gasteiger charge is -2.21. The van der Waals surface area contributed by atoms with Crippen LogP contribution in [0.1, 0.15) is 31.9 Å². The lowest BCUT2D eigenvalue weighted by Crippen LogP contribution is -2.30. The maximum Gasteiger partial charge on any atom is 0.118 e. The van der Waals surface area contributed by atoms with Crippen molar-refractivity contribution < 1.29 is 15.3 Å².